The summed E-state index contributed by atoms with van der Waals surface area (Å²) in [6.45, 7) is 86.7. The summed E-state index contributed by atoms with van der Waals surface area (Å²) in [5, 5.41) is 7.88. The van der Waals surface area contributed by atoms with Gasteiger partial charge < -0.3 is 8.98 Å². The van der Waals surface area contributed by atoms with Crippen LogP contribution in [0.5, 0.6) is 0 Å². The van der Waals surface area contributed by atoms with Gasteiger partial charge in [-0.15, -0.1) is 11.3 Å². The Labute approximate surface area is 824 Å². The molecular formula is C133H161NOS. The lowest BCUT2D eigenvalue weighted by atomic mass is 9.61. The van der Waals surface area contributed by atoms with E-state index in [9.17, 15) is 0 Å². The van der Waals surface area contributed by atoms with Crippen LogP contribution in [0.2, 0.25) is 0 Å². The van der Waals surface area contributed by atoms with Crippen LogP contribution in [0.1, 0.15) is 330 Å². The molecule has 0 amide bonds. The number of hydrogen-bond acceptors (Lipinski definition) is 2. The van der Waals surface area contributed by atoms with Crippen LogP contribution in [0.15, 0.2) is 311 Å². The van der Waals surface area contributed by atoms with Gasteiger partial charge in [-0.2, -0.15) is 0 Å². The van der Waals surface area contributed by atoms with Gasteiger partial charge in [0, 0.05) is 64.7 Å². The van der Waals surface area contributed by atoms with Crippen molar-refractivity contribution in [3.8, 4) is 27.9 Å². The lowest BCUT2D eigenvalue weighted by Gasteiger charge is -2.42. The van der Waals surface area contributed by atoms with Crippen molar-refractivity contribution in [1.82, 2.24) is 4.57 Å². The number of fused-ring (bicyclic) bond motifs is 12. The molecule has 136 heavy (non-hydrogen) atoms. The summed E-state index contributed by atoms with van der Waals surface area (Å²) < 4.78 is 11.2. The fourth-order valence-electron chi connectivity index (χ4n) is 19.4. The second-order valence-corrected chi connectivity index (χ2v) is 53.7. The fraction of sp³-hybridized carbons (Fsp3) is 0.398. The molecule has 3 heterocycles. The van der Waals surface area contributed by atoms with Crippen molar-refractivity contribution in [3.63, 3.8) is 0 Å². The Bertz CT molecular complexity index is 6750. The van der Waals surface area contributed by atoms with Gasteiger partial charge in [-0.05, 0) is 248 Å². The van der Waals surface area contributed by atoms with E-state index in [1.165, 1.54) is 181 Å². The summed E-state index contributed by atoms with van der Waals surface area (Å²) in [4.78, 5) is 0. The molecule has 3 heteroatoms. The third-order valence-electron chi connectivity index (χ3n) is 28.9. The first-order valence-corrected chi connectivity index (χ1v) is 51.1. The minimum absolute atomic E-state index is 0.0766. The van der Waals surface area contributed by atoms with Crippen LogP contribution >= 0.6 is 11.3 Å². The zero-order valence-electron chi connectivity index (χ0n) is 90.4. The molecule has 0 spiro atoms. The Morgan fingerprint density at radius 3 is 0.926 bits per heavy atom. The fourth-order valence-corrected chi connectivity index (χ4v) is 20.6. The molecule has 5 aliphatic carbocycles. The molecule has 0 bridgehead atoms. The van der Waals surface area contributed by atoms with Crippen molar-refractivity contribution in [2.75, 3.05) is 0 Å². The molecule has 0 aliphatic heterocycles. The van der Waals surface area contributed by atoms with E-state index in [1.54, 1.807) is 0 Å². The molecule has 14 aromatic rings. The Morgan fingerprint density at radius 1 is 0.250 bits per heavy atom. The van der Waals surface area contributed by atoms with Crippen LogP contribution in [0.4, 0.5) is 0 Å². The van der Waals surface area contributed by atoms with E-state index in [1.807, 2.05) is 11.3 Å². The van der Waals surface area contributed by atoms with Gasteiger partial charge in [0.2, 0.25) is 0 Å². The third kappa shape index (κ3) is 21.8. The minimum Gasteiger partial charge on any atom is -0.456 e. The maximum atomic E-state index is 5.99. The summed E-state index contributed by atoms with van der Waals surface area (Å²) >= 11 is 1.92. The van der Waals surface area contributed by atoms with E-state index < -0.39 is 0 Å². The van der Waals surface area contributed by atoms with Gasteiger partial charge in [-0.3, -0.25) is 0 Å². The van der Waals surface area contributed by atoms with Crippen LogP contribution in [-0.4, -0.2) is 4.57 Å². The highest BCUT2D eigenvalue weighted by atomic mass is 32.1. The number of aromatic nitrogens is 1. The van der Waals surface area contributed by atoms with E-state index in [2.05, 4.69) is 541 Å². The first-order valence-electron chi connectivity index (χ1n) is 50.3. The molecule has 2 atom stereocenters. The Morgan fingerprint density at radius 2 is 0.566 bits per heavy atom. The lowest BCUT2D eigenvalue weighted by Crippen LogP contribution is -2.31. The largest absolute Gasteiger partial charge is 0.456 e. The van der Waals surface area contributed by atoms with Gasteiger partial charge in [-0.1, -0.05) is 476 Å². The number of nitrogens with zero attached hydrogens (tertiary/aromatic N) is 1. The molecule has 0 fully saturated rings. The normalized spacial score (nSPS) is 16.2. The van der Waals surface area contributed by atoms with Crippen molar-refractivity contribution in [2.45, 2.75) is 323 Å². The van der Waals surface area contributed by atoms with Gasteiger partial charge in [-0.25, -0.2) is 0 Å². The minimum atomic E-state index is 0.0766. The second kappa shape index (κ2) is 36.3. The van der Waals surface area contributed by atoms with E-state index in [4.69, 9.17) is 4.42 Å². The zero-order valence-corrected chi connectivity index (χ0v) is 91.2. The van der Waals surface area contributed by atoms with Crippen LogP contribution in [0.25, 0.3) is 91.9 Å². The first kappa shape index (κ1) is 101. The van der Waals surface area contributed by atoms with Gasteiger partial charge in [0.15, 0.2) is 0 Å². The summed E-state index contributed by atoms with van der Waals surface area (Å²) in [5.41, 5.74) is 39.0. The average Bonchev–Trinajstić information content (AvgIpc) is 1.01. The van der Waals surface area contributed by atoms with Crippen LogP contribution in [0, 0.1) is 22.7 Å². The third-order valence-corrected chi connectivity index (χ3v) is 30.0. The summed E-state index contributed by atoms with van der Waals surface area (Å²) in [6.07, 6.45) is 19.1. The highest BCUT2D eigenvalue weighted by molar-refractivity contribution is 7.25. The quantitative estimate of drug-likeness (QED) is 0.169. The predicted molar refractivity (Wildman–Crippen MR) is 600 cm³/mol. The standard InChI is InChI=1S/C26H29N.C24H28.C23H30.C20H24O.C20H24S.C20H26/c1-25(2,3)18-12-14-21-22-15-13-19(26(4,5)6)17-24(22)27(23(21)16-18)20-10-8-7-9-11-20;1-23(2,3)19-11-15-7-9-17-13-20(24(4,5)6)14-18-10-8-16(12-19)21(15)22(17)18;1-21(2,3)15-9-11-17-18-12-10-16(22(4,5)6)14-20(18)23(7,8)19(17)13-15;1-19(2,3)13-7-9-17-15(11-13)16-12-14(20(4,5)6)8-10-18(16)21-17;1-19(2,3)13-7-9-15-16-10-8-14(20(4,5)6)12-18(16)21-17(15)11-13;1-19(2,3)17-12-10-15(11-13-17)16-8-7-9-18(14-16)20(4,5)6/h7-17H,1-6H3;7-14,21-22H,1-6H3;9-14H,1-8H3;2*7-12H,1-6H3;7-14H,1-6H3. The molecule has 3 aromatic heterocycles. The Balaban J connectivity index is 0.000000131. The summed E-state index contributed by atoms with van der Waals surface area (Å²) in [7, 11) is 0. The highest BCUT2D eigenvalue weighted by Gasteiger charge is 2.42. The van der Waals surface area contributed by atoms with E-state index >= 15 is 0 Å². The van der Waals surface area contributed by atoms with Gasteiger partial charge in [0.1, 0.15) is 11.2 Å². The Kier molecular flexibility index (Phi) is 27.1. The molecular weight excluding hydrogens is 1660 g/mol. The SMILES string of the molecule is CC(C)(C)C1=CC2=CC=C3C=C(C(C)(C)C)C=C4C=CC(=C1)C2C34.CC(C)(C)c1ccc(-c2cccc(C(C)(C)C)c2)cc1.CC(C)(C)c1ccc2c(c1)C(C)(C)c1cc(C(C)(C)C)ccc1-2.CC(C)(C)c1ccc2c(c1)sc1cc(C(C)(C)C)ccc12.CC(C)(C)c1ccc2c3ccc(C(C)(C)C)cc3n(-c3ccccc3)c2c1.CC(C)(C)c1ccc2oc3ccc(C(C)(C)C)cc3c2c1. The number of furan rings is 1. The molecule has 19 rings (SSSR count). The maximum Gasteiger partial charge on any atom is 0.135 e. The van der Waals surface area contributed by atoms with Gasteiger partial charge >= 0.3 is 0 Å². The molecule has 0 saturated carbocycles. The van der Waals surface area contributed by atoms with E-state index in [0.717, 1.165) is 11.2 Å². The van der Waals surface area contributed by atoms with Crippen molar-refractivity contribution in [1.29, 1.82) is 0 Å². The van der Waals surface area contributed by atoms with Crippen molar-refractivity contribution in [2.24, 2.45) is 22.7 Å². The highest BCUT2D eigenvalue weighted by Crippen LogP contribution is 2.55. The van der Waals surface area contributed by atoms with Gasteiger partial charge in [0.25, 0.3) is 0 Å². The maximum absolute atomic E-state index is 5.99. The summed E-state index contributed by atoms with van der Waals surface area (Å²) in [6, 6.07) is 83.7. The number of rotatable bonds is 2. The van der Waals surface area contributed by atoms with E-state index in [0.29, 0.717) is 11.8 Å². The van der Waals surface area contributed by atoms with Crippen molar-refractivity contribution < 1.29 is 4.42 Å². The smallest absolute Gasteiger partial charge is 0.135 e. The number of para-hydroxylation sites is 1. The van der Waals surface area contributed by atoms with Crippen LogP contribution in [0.3, 0.4) is 0 Å². The molecule has 11 aromatic carbocycles. The molecule has 2 unspecified atom stereocenters. The van der Waals surface area contributed by atoms with Crippen LogP contribution in [-0.2, 0) is 59.6 Å². The molecule has 0 radical (unpaired) electrons. The van der Waals surface area contributed by atoms with Crippen molar-refractivity contribution in [3.05, 3.63) is 373 Å². The van der Waals surface area contributed by atoms with Crippen molar-refractivity contribution >= 4 is 75.3 Å². The molecule has 0 saturated heterocycles. The number of benzene rings is 11. The van der Waals surface area contributed by atoms with E-state index in [-0.39, 0.29) is 70.4 Å². The number of allylic oxidation sites excluding steroid dienone is 14. The second-order valence-electron chi connectivity index (χ2n) is 52.6. The zero-order chi connectivity index (χ0) is 99.7. The first-order chi connectivity index (χ1) is 62.7. The molecule has 5 aliphatic rings. The predicted octanol–water partition coefficient (Wildman–Crippen LogP) is 39.2. The molecule has 2 nitrogen and oxygen atoms in total. The average molecular weight is 1820 g/mol. The topological polar surface area (TPSA) is 18.1 Å². The van der Waals surface area contributed by atoms with Crippen LogP contribution < -0.4 is 0 Å². The summed E-state index contributed by atoms with van der Waals surface area (Å²) in [5.74, 6) is 1.01. The number of thiophene rings is 1. The molecule has 710 valence electrons. The Hall–Kier alpha value is -10.6. The molecule has 0 N–H and O–H groups in total. The number of hydrogen-bond donors (Lipinski definition) is 0. The monoisotopic (exact) mass is 1820 g/mol. The van der Waals surface area contributed by atoms with Gasteiger partial charge in [0.05, 0.1) is 11.0 Å². The lowest BCUT2D eigenvalue weighted by molar-refractivity contribution is 0.489.